The normalized spacial score (nSPS) is 17.6. The standard InChI is InChI=1S/C21H33N3O3.HI/c1-21(2)15-17(16-11-8-9-12-18(16)27-21)24-20(22-3)23-14-10-6-5-7-13-19(25)26-4;/h8-9,11-12,17H,5-7,10,13-15H2,1-4H3,(H2,22,23,24);1H. The summed E-state index contributed by atoms with van der Waals surface area (Å²) in [5.41, 5.74) is 0.951. The number of hydrogen-bond donors (Lipinski definition) is 2. The van der Waals surface area contributed by atoms with Crippen LogP contribution in [0.1, 0.15) is 64.0 Å². The number of fused-ring (bicyclic) bond motifs is 1. The van der Waals surface area contributed by atoms with E-state index in [1.807, 2.05) is 18.2 Å². The van der Waals surface area contributed by atoms with Crippen molar-refractivity contribution in [1.82, 2.24) is 10.6 Å². The number of hydrogen-bond acceptors (Lipinski definition) is 4. The summed E-state index contributed by atoms with van der Waals surface area (Å²) in [7, 11) is 3.23. The highest BCUT2D eigenvalue weighted by molar-refractivity contribution is 14.0. The third kappa shape index (κ3) is 7.85. The Bertz CT molecular complexity index is 650. The molecule has 0 aromatic heterocycles. The number of para-hydroxylation sites is 1. The first-order chi connectivity index (χ1) is 12.9. The highest BCUT2D eigenvalue weighted by Gasteiger charge is 2.33. The summed E-state index contributed by atoms with van der Waals surface area (Å²) in [5, 5.41) is 6.93. The van der Waals surface area contributed by atoms with E-state index in [4.69, 9.17) is 4.74 Å². The van der Waals surface area contributed by atoms with Gasteiger partial charge in [0.25, 0.3) is 0 Å². The fraction of sp³-hybridized carbons (Fsp3) is 0.619. The smallest absolute Gasteiger partial charge is 0.305 e. The molecule has 1 aliphatic heterocycles. The molecule has 28 heavy (non-hydrogen) atoms. The monoisotopic (exact) mass is 503 g/mol. The second kappa shape index (κ2) is 12.1. The Morgan fingerprint density at radius 1 is 1.25 bits per heavy atom. The van der Waals surface area contributed by atoms with Crippen LogP contribution in [0.3, 0.4) is 0 Å². The van der Waals surface area contributed by atoms with Gasteiger partial charge in [-0.25, -0.2) is 0 Å². The van der Waals surface area contributed by atoms with Crippen LogP contribution in [0, 0.1) is 0 Å². The Hall–Kier alpha value is -1.51. The van der Waals surface area contributed by atoms with Crippen LogP contribution in [-0.4, -0.2) is 38.2 Å². The second-order valence-corrected chi connectivity index (χ2v) is 7.54. The molecule has 0 saturated carbocycles. The molecule has 1 aromatic rings. The highest BCUT2D eigenvalue weighted by atomic mass is 127. The molecule has 0 bridgehead atoms. The van der Waals surface area contributed by atoms with Crippen molar-refractivity contribution in [2.24, 2.45) is 4.99 Å². The first-order valence-corrected chi connectivity index (χ1v) is 9.77. The van der Waals surface area contributed by atoms with Crippen LogP contribution in [0.15, 0.2) is 29.3 Å². The van der Waals surface area contributed by atoms with Crippen molar-refractivity contribution in [2.45, 2.75) is 64.0 Å². The van der Waals surface area contributed by atoms with Gasteiger partial charge in [-0.1, -0.05) is 31.0 Å². The van der Waals surface area contributed by atoms with Gasteiger partial charge in [0, 0.05) is 32.0 Å². The number of aliphatic imine (C=N–C) groups is 1. The van der Waals surface area contributed by atoms with Gasteiger partial charge in [0.05, 0.1) is 13.2 Å². The molecule has 0 saturated heterocycles. The highest BCUT2D eigenvalue weighted by Crippen LogP contribution is 2.39. The van der Waals surface area contributed by atoms with E-state index < -0.39 is 0 Å². The van der Waals surface area contributed by atoms with E-state index in [9.17, 15) is 4.79 Å². The molecule has 1 heterocycles. The van der Waals surface area contributed by atoms with E-state index in [0.717, 1.165) is 50.4 Å². The van der Waals surface area contributed by atoms with E-state index >= 15 is 0 Å². The quantitative estimate of drug-likeness (QED) is 0.183. The SMILES string of the molecule is CN=C(NCCCCCCC(=O)OC)NC1CC(C)(C)Oc2ccccc21.I. The predicted molar refractivity (Wildman–Crippen MR) is 124 cm³/mol. The maximum atomic E-state index is 11.1. The summed E-state index contributed by atoms with van der Waals surface area (Å²) in [4.78, 5) is 15.4. The number of carbonyl (C=O) groups excluding carboxylic acids is 1. The summed E-state index contributed by atoms with van der Waals surface area (Å²) >= 11 is 0. The van der Waals surface area contributed by atoms with E-state index in [0.29, 0.717) is 6.42 Å². The topological polar surface area (TPSA) is 72.0 Å². The fourth-order valence-electron chi connectivity index (χ4n) is 3.35. The maximum Gasteiger partial charge on any atom is 0.305 e. The lowest BCUT2D eigenvalue weighted by Gasteiger charge is -2.38. The van der Waals surface area contributed by atoms with Crippen LogP contribution in [0.2, 0.25) is 0 Å². The Kier molecular flexibility index (Phi) is 10.6. The molecule has 1 atom stereocenters. The van der Waals surface area contributed by atoms with Gasteiger partial charge < -0.3 is 20.1 Å². The molecule has 158 valence electrons. The number of nitrogens with one attached hydrogen (secondary N) is 2. The van der Waals surface area contributed by atoms with Gasteiger partial charge in [0.15, 0.2) is 5.96 Å². The molecule has 2 rings (SSSR count). The number of methoxy groups -OCH3 is 1. The zero-order valence-corrected chi connectivity index (χ0v) is 19.7. The van der Waals surface area contributed by atoms with Crippen molar-refractivity contribution in [3.63, 3.8) is 0 Å². The van der Waals surface area contributed by atoms with Crippen molar-refractivity contribution in [3.8, 4) is 5.75 Å². The van der Waals surface area contributed by atoms with Gasteiger partial charge in [-0.2, -0.15) is 0 Å². The van der Waals surface area contributed by atoms with E-state index in [2.05, 4.69) is 40.3 Å². The minimum absolute atomic E-state index is 0. The number of esters is 1. The van der Waals surface area contributed by atoms with Crippen molar-refractivity contribution < 1.29 is 14.3 Å². The predicted octanol–water partition coefficient (Wildman–Crippen LogP) is 4.20. The number of rotatable bonds is 8. The molecule has 0 radical (unpaired) electrons. The van der Waals surface area contributed by atoms with Crippen LogP contribution in [0.4, 0.5) is 0 Å². The van der Waals surface area contributed by atoms with Crippen molar-refractivity contribution >= 4 is 35.9 Å². The number of ether oxygens (including phenoxy) is 2. The first kappa shape index (κ1) is 24.5. The summed E-state index contributed by atoms with van der Waals surface area (Å²) in [6, 6.07) is 8.34. The van der Waals surface area contributed by atoms with Gasteiger partial charge in [0.2, 0.25) is 0 Å². The third-order valence-electron chi connectivity index (χ3n) is 4.74. The Morgan fingerprint density at radius 2 is 1.96 bits per heavy atom. The average Bonchev–Trinajstić information content (AvgIpc) is 2.64. The molecule has 0 spiro atoms. The van der Waals surface area contributed by atoms with Gasteiger partial charge in [0.1, 0.15) is 11.4 Å². The lowest BCUT2D eigenvalue weighted by Crippen LogP contribution is -2.45. The summed E-state index contributed by atoms with van der Waals surface area (Å²) in [6.45, 7) is 5.08. The molecule has 1 aliphatic rings. The number of carbonyl (C=O) groups is 1. The summed E-state index contributed by atoms with van der Waals surface area (Å²) in [6.07, 6.45) is 5.41. The van der Waals surface area contributed by atoms with Crippen LogP contribution in [-0.2, 0) is 9.53 Å². The number of unbranched alkanes of at least 4 members (excludes halogenated alkanes) is 3. The van der Waals surface area contributed by atoms with Gasteiger partial charge in [-0.3, -0.25) is 9.79 Å². The Balaban J connectivity index is 0.00000392. The molecular weight excluding hydrogens is 469 g/mol. The van der Waals surface area contributed by atoms with Crippen LogP contribution >= 0.6 is 24.0 Å². The number of benzene rings is 1. The second-order valence-electron chi connectivity index (χ2n) is 7.54. The Morgan fingerprint density at radius 3 is 2.68 bits per heavy atom. The van der Waals surface area contributed by atoms with Crippen molar-refractivity contribution in [2.75, 3.05) is 20.7 Å². The number of halogens is 1. The minimum atomic E-state index is -0.218. The molecule has 0 aliphatic carbocycles. The van der Waals surface area contributed by atoms with E-state index in [1.54, 1.807) is 7.05 Å². The zero-order chi connectivity index (χ0) is 19.7. The molecule has 6 nitrogen and oxygen atoms in total. The largest absolute Gasteiger partial charge is 0.487 e. The van der Waals surface area contributed by atoms with E-state index in [-0.39, 0.29) is 41.6 Å². The van der Waals surface area contributed by atoms with Crippen LogP contribution in [0.25, 0.3) is 0 Å². The number of guanidine groups is 1. The van der Waals surface area contributed by atoms with Crippen LogP contribution in [0.5, 0.6) is 5.75 Å². The maximum absolute atomic E-state index is 11.1. The third-order valence-corrected chi connectivity index (χ3v) is 4.74. The van der Waals surface area contributed by atoms with Crippen molar-refractivity contribution in [1.29, 1.82) is 0 Å². The molecule has 7 heteroatoms. The zero-order valence-electron chi connectivity index (χ0n) is 17.4. The molecule has 1 aromatic carbocycles. The molecule has 2 N–H and O–H groups in total. The van der Waals surface area contributed by atoms with Crippen LogP contribution < -0.4 is 15.4 Å². The number of nitrogens with zero attached hydrogens (tertiary/aromatic N) is 1. The molecule has 0 amide bonds. The lowest BCUT2D eigenvalue weighted by molar-refractivity contribution is -0.140. The molecule has 1 unspecified atom stereocenters. The summed E-state index contributed by atoms with van der Waals surface area (Å²) < 4.78 is 10.7. The first-order valence-electron chi connectivity index (χ1n) is 9.77. The van der Waals surface area contributed by atoms with Gasteiger partial charge in [-0.05, 0) is 32.8 Å². The van der Waals surface area contributed by atoms with Gasteiger partial charge in [-0.15, -0.1) is 24.0 Å². The fourth-order valence-corrected chi connectivity index (χ4v) is 3.35. The molecular formula is C21H34IN3O3. The molecule has 0 fully saturated rings. The summed E-state index contributed by atoms with van der Waals surface area (Å²) in [5.74, 6) is 1.62. The van der Waals surface area contributed by atoms with Gasteiger partial charge >= 0.3 is 5.97 Å². The minimum Gasteiger partial charge on any atom is -0.487 e. The van der Waals surface area contributed by atoms with Crippen molar-refractivity contribution in [3.05, 3.63) is 29.8 Å². The Labute approximate surface area is 185 Å². The lowest BCUT2D eigenvalue weighted by atomic mass is 9.90. The van der Waals surface area contributed by atoms with E-state index in [1.165, 1.54) is 12.7 Å². The average molecular weight is 503 g/mol.